The molecule has 0 spiro atoms. The molecule has 0 N–H and O–H groups in total. The summed E-state index contributed by atoms with van der Waals surface area (Å²) in [5, 5.41) is 0. The molecule has 0 aliphatic rings. The van der Waals surface area contributed by atoms with Gasteiger partial charge in [0.25, 0.3) is 0 Å². The van der Waals surface area contributed by atoms with Crippen LogP contribution in [0.15, 0.2) is 22.7 Å². The molecule has 2 nitrogen and oxygen atoms in total. The highest BCUT2D eigenvalue weighted by Gasteiger charge is 2.08. The maximum atomic E-state index is 11.0. The van der Waals surface area contributed by atoms with Crippen LogP contribution in [0.5, 0.6) is 0 Å². The monoisotopic (exact) mass is 262 g/mol. The summed E-state index contributed by atoms with van der Waals surface area (Å²) >= 11 is 3.37. The molecule has 1 rings (SSSR count). The van der Waals surface area contributed by atoms with E-state index in [2.05, 4.69) is 15.9 Å². The highest BCUT2D eigenvalue weighted by atomic mass is 79.9. The molecule has 0 heterocycles. The molecule has 0 aliphatic heterocycles. The molecule has 13 heavy (non-hydrogen) atoms. The lowest BCUT2D eigenvalue weighted by molar-refractivity contribution is 0.601. The Morgan fingerprint density at radius 3 is 2.54 bits per heavy atom. The third-order valence-electron chi connectivity index (χ3n) is 1.69. The Balaban J connectivity index is 3.10. The fourth-order valence-electron chi connectivity index (χ4n) is 1.10. The predicted octanol–water partition coefficient (Wildman–Crippen LogP) is 2.30. The quantitative estimate of drug-likeness (QED) is 0.820. The Labute approximate surface area is 87.0 Å². The standard InChI is InChI=1S/C9H11BrO2S/c1-7-4-3-5-8(9(7)10)6-13(2,11)12/h3-5H,6H2,1-2H3. The number of hydrogen-bond donors (Lipinski definition) is 0. The van der Waals surface area contributed by atoms with E-state index in [1.807, 2.05) is 25.1 Å². The van der Waals surface area contributed by atoms with Crippen molar-refractivity contribution in [2.75, 3.05) is 6.26 Å². The molecule has 0 saturated heterocycles. The molecule has 0 radical (unpaired) electrons. The van der Waals surface area contributed by atoms with Gasteiger partial charge in [-0.1, -0.05) is 34.1 Å². The zero-order valence-corrected chi connectivity index (χ0v) is 9.94. The summed E-state index contributed by atoms with van der Waals surface area (Å²) in [6.07, 6.45) is 1.24. The summed E-state index contributed by atoms with van der Waals surface area (Å²) in [5.41, 5.74) is 1.88. The first kappa shape index (κ1) is 10.7. The van der Waals surface area contributed by atoms with Crippen LogP contribution in [0.3, 0.4) is 0 Å². The van der Waals surface area contributed by atoms with Crippen LogP contribution in [0.4, 0.5) is 0 Å². The van der Waals surface area contributed by atoms with Crippen molar-refractivity contribution in [1.29, 1.82) is 0 Å². The Morgan fingerprint density at radius 2 is 2.00 bits per heavy atom. The minimum Gasteiger partial charge on any atom is -0.229 e. The largest absolute Gasteiger partial charge is 0.229 e. The first-order chi connectivity index (χ1) is 5.90. The Kier molecular flexibility index (Phi) is 3.14. The van der Waals surface area contributed by atoms with Gasteiger partial charge in [-0.2, -0.15) is 0 Å². The molecule has 0 aliphatic carbocycles. The van der Waals surface area contributed by atoms with Crippen LogP contribution in [0, 0.1) is 6.92 Å². The molecule has 0 bridgehead atoms. The third-order valence-corrected chi connectivity index (χ3v) is 3.66. The summed E-state index contributed by atoms with van der Waals surface area (Å²) in [5.74, 6) is 0.0925. The van der Waals surface area contributed by atoms with Crippen molar-refractivity contribution < 1.29 is 8.42 Å². The van der Waals surface area contributed by atoms with Gasteiger partial charge in [-0.05, 0) is 18.1 Å². The van der Waals surface area contributed by atoms with Gasteiger partial charge in [-0.3, -0.25) is 0 Å². The fraction of sp³-hybridized carbons (Fsp3) is 0.333. The van der Waals surface area contributed by atoms with Gasteiger partial charge in [-0.25, -0.2) is 8.42 Å². The van der Waals surface area contributed by atoms with Crippen LogP contribution in [0.1, 0.15) is 11.1 Å². The predicted molar refractivity (Wildman–Crippen MR) is 57.4 cm³/mol. The van der Waals surface area contributed by atoms with E-state index in [0.29, 0.717) is 0 Å². The van der Waals surface area contributed by atoms with Crippen LogP contribution in [-0.2, 0) is 15.6 Å². The molecular formula is C9H11BrO2S. The smallest absolute Gasteiger partial charge is 0.151 e. The summed E-state index contributed by atoms with van der Waals surface area (Å²) in [6.45, 7) is 1.94. The fourth-order valence-corrected chi connectivity index (χ4v) is 2.50. The van der Waals surface area contributed by atoms with E-state index in [9.17, 15) is 8.42 Å². The van der Waals surface area contributed by atoms with Crippen LogP contribution >= 0.6 is 15.9 Å². The minimum absolute atomic E-state index is 0.0925. The lowest BCUT2D eigenvalue weighted by Gasteiger charge is -2.04. The van der Waals surface area contributed by atoms with Gasteiger partial charge in [-0.15, -0.1) is 0 Å². The number of benzene rings is 1. The molecule has 0 unspecified atom stereocenters. The second kappa shape index (κ2) is 3.80. The SMILES string of the molecule is Cc1cccc(CS(C)(=O)=O)c1Br. The second-order valence-electron chi connectivity index (χ2n) is 3.12. The van der Waals surface area contributed by atoms with E-state index in [1.165, 1.54) is 6.26 Å². The van der Waals surface area contributed by atoms with Gasteiger partial charge in [0.15, 0.2) is 9.84 Å². The number of halogens is 1. The highest BCUT2D eigenvalue weighted by molar-refractivity contribution is 9.10. The number of sulfone groups is 1. The van der Waals surface area contributed by atoms with Crippen molar-refractivity contribution in [3.05, 3.63) is 33.8 Å². The van der Waals surface area contributed by atoms with Gasteiger partial charge < -0.3 is 0 Å². The molecule has 1 aromatic rings. The zero-order valence-electron chi connectivity index (χ0n) is 7.54. The minimum atomic E-state index is -2.95. The summed E-state index contributed by atoms with van der Waals surface area (Å²) < 4.78 is 23.0. The van der Waals surface area contributed by atoms with Crippen molar-refractivity contribution in [3.63, 3.8) is 0 Å². The number of aryl methyl sites for hydroxylation is 1. The van der Waals surface area contributed by atoms with Crippen LogP contribution in [0.25, 0.3) is 0 Å². The van der Waals surface area contributed by atoms with E-state index < -0.39 is 9.84 Å². The van der Waals surface area contributed by atoms with E-state index in [-0.39, 0.29) is 5.75 Å². The molecule has 1 aromatic carbocycles. The Bertz CT molecular complexity index is 410. The van der Waals surface area contributed by atoms with E-state index >= 15 is 0 Å². The molecule has 0 amide bonds. The van der Waals surface area contributed by atoms with Crippen LogP contribution in [0.2, 0.25) is 0 Å². The van der Waals surface area contributed by atoms with Crippen molar-refractivity contribution in [1.82, 2.24) is 0 Å². The van der Waals surface area contributed by atoms with E-state index in [0.717, 1.165) is 15.6 Å². The van der Waals surface area contributed by atoms with Crippen molar-refractivity contribution in [2.24, 2.45) is 0 Å². The maximum absolute atomic E-state index is 11.0. The van der Waals surface area contributed by atoms with Crippen molar-refractivity contribution >= 4 is 25.8 Å². The molecule has 0 aromatic heterocycles. The first-order valence-corrected chi connectivity index (χ1v) is 6.67. The molecule has 0 atom stereocenters. The summed E-state index contributed by atoms with van der Waals surface area (Å²) in [7, 11) is -2.95. The van der Waals surface area contributed by atoms with Gasteiger partial charge in [0.1, 0.15) is 0 Å². The molecular weight excluding hydrogens is 252 g/mol. The van der Waals surface area contributed by atoms with Crippen molar-refractivity contribution in [2.45, 2.75) is 12.7 Å². The Hall–Kier alpha value is -0.350. The molecule has 0 fully saturated rings. The van der Waals surface area contributed by atoms with Gasteiger partial charge in [0, 0.05) is 10.7 Å². The first-order valence-electron chi connectivity index (χ1n) is 3.82. The topological polar surface area (TPSA) is 34.1 Å². The lowest BCUT2D eigenvalue weighted by atomic mass is 10.2. The van der Waals surface area contributed by atoms with Gasteiger partial charge in [0.05, 0.1) is 5.75 Å². The molecule has 0 saturated carbocycles. The van der Waals surface area contributed by atoms with Crippen LogP contribution < -0.4 is 0 Å². The van der Waals surface area contributed by atoms with Gasteiger partial charge in [0.2, 0.25) is 0 Å². The number of hydrogen-bond acceptors (Lipinski definition) is 2. The average Bonchev–Trinajstić information content (AvgIpc) is 1.96. The average molecular weight is 263 g/mol. The third kappa shape index (κ3) is 3.12. The van der Waals surface area contributed by atoms with E-state index in [1.54, 1.807) is 0 Å². The van der Waals surface area contributed by atoms with Crippen molar-refractivity contribution in [3.8, 4) is 0 Å². The van der Waals surface area contributed by atoms with Gasteiger partial charge >= 0.3 is 0 Å². The lowest BCUT2D eigenvalue weighted by Crippen LogP contribution is -2.01. The normalized spacial score (nSPS) is 11.6. The van der Waals surface area contributed by atoms with E-state index in [4.69, 9.17) is 0 Å². The summed E-state index contributed by atoms with van der Waals surface area (Å²) in [6, 6.07) is 5.62. The maximum Gasteiger partial charge on any atom is 0.151 e. The molecule has 4 heteroatoms. The second-order valence-corrected chi connectivity index (χ2v) is 6.05. The highest BCUT2D eigenvalue weighted by Crippen LogP contribution is 2.22. The number of rotatable bonds is 2. The zero-order chi connectivity index (χ0) is 10.1. The Morgan fingerprint density at radius 1 is 1.38 bits per heavy atom. The molecule has 72 valence electrons. The van der Waals surface area contributed by atoms with Crippen LogP contribution in [-0.4, -0.2) is 14.7 Å². The summed E-state index contributed by atoms with van der Waals surface area (Å²) in [4.78, 5) is 0.